The van der Waals surface area contributed by atoms with Crippen LogP contribution < -0.4 is 15.0 Å². The summed E-state index contributed by atoms with van der Waals surface area (Å²) >= 11 is 5.71. The lowest BCUT2D eigenvalue weighted by Gasteiger charge is -2.38. The molecule has 158 valence electrons. The van der Waals surface area contributed by atoms with Crippen LogP contribution in [0.4, 0.5) is 5.69 Å². The van der Waals surface area contributed by atoms with Gasteiger partial charge in [-0.2, -0.15) is 0 Å². The van der Waals surface area contributed by atoms with Crippen molar-refractivity contribution in [3.63, 3.8) is 0 Å². The summed E-state index contributed by atoms with van der Waals surface area (Å²) < 4.78 is 10.6. The Morgan fingerprint density at radius 1 is 1.20 bits per heavy atom. The van der Waals surface area contributed by atoms with Gasteiger partial charge >= 0.3 is 5.97 Å². The van der Waals surface area contributed by atoms with E-state index >= 15 is 0 Å². The SMILES string of the molecule is CCOC(=O)C1=C(C)N(c2cc(C)ccc2C)C(=S)NC1c1ccc(O)c(OC)c1. The molecule has 0 saturated heterocycles. The third-order valence-corrected chi connectivity index (χ3v) is 5.42. The highest BCUT2D eigenvalue weighted by atomic mass is 32.1. The highest BCUT2D eigenvalue weighted by Gasteiger charge is 2.36. The summed E-state index contributed by atoms with van der Waals surface area (Å²) in [5, 5.41) is 13.7. The number of nitrogens with one attached hydrogen (secondary N) is 1. The number of ether oxygens (including phenoxy) is 2. The van der Waals surface area contributed by atoms with Gasteiger partial charge in [-0.05, 0) is 74.8 Å². The Balaban J connectivity index is 2.18. The molecule has 7 heteroatoms. The number of aromatic hydroxyl groups is 1. The van der Waals surface area contributed by atoms with E-state index in [1.807, 2.05) is 43.9 Å². The highest BCUT2D eigenvalue weighted by Crippen LogP contribution is 2.38. The lowest BCUT2D eigenvalue weighted by Crippen LogP contribution is -2.48. The van der Waals surface area contributed by atoms with E-state index in [0.29, 0.717) is 22.1 Å². The third kappa shape index (κ3) is 3.98. The average molecular weight is 427 g/mol. The van der Waals surface area contributed by atoms with Crippen LogP contribution in [0.1, 0.15) is 36.6 Å². The smallest absolute Gasteiger partial charge is 0.338 e. The van der Waals surface area contributed by atoms with Crippen LogP contribution in [0.25, 0.3) is 0 Å². The number of carbonyl (C=O) groups is 1. The van der Waals surface area contributed by atoms with Crippen molar-refractivity contribution >= 4 is 29.0 Å². The molecule has 0 aliphatic carbocycles. The number of carbonyl (C=O) groups excluding carboxylic acids is 1. The molecule has 1 aliphatic rings. The number of phenols is 1. The topological polar surface area (TPSA) is 71.0 Å². The Labute approximate surface area is 182 Å². The molecule has 0 amide bonds. The number of allylic oxidation sites excluding steroid dienone is 1. The monoisotopic (exact) mass is 426 g/mol. The van der Waals surface area contributed by atoms with Gasteiger partial charge in [0.05, 0.1) is 31.0 Å². The second kappa shape index (κ2) is 8.75. The Morgan fingerprint density at radius 3 is 2.60 bits per heavy atom. The molecular formula is C23H26N2O4S. The van der Waals surface area contributed by atoms with E-state index in [9.17, 15) is 9.90 Å². The zero-order valence-corrected chi connectivity index (χ0v) is 18.6. The third-order valence-electron chi connectivity index (χ3n) is 5.12. The number of thiocarbonyl (C=S) groups is 1. The molecule has 1 aliphatic heterocycles. The van der Waals surface area contributed by atoms with Crippen LogP contribution in [0.2, 0.25) is 0 Å². The van der Waals surface area contributed by atoms with E-state index in [1.54, 1.807) is 19.1 Å². The summed E-state index contributed by atoms with van der Waals surface area (Å²) in [6.45, 7) is 7.92. The van der Waals surface area contributed by atoms with E-state index in [0.717, 1.165) is 22.4 Å². The zero-order valence-electron chi connectivity index (χ0n) is 17.8. The number of hydrogen-bond acceptors (Lipinski definition) is 5. The standard InChI is InChI=1S/C23H26N2O4S/c1-6-29-22(27)20-15(4)25(17-11-13(2)7-8-14(17)3)23(30)24-21(20)16-9-10-18(26)19(12-16)28-5/h7-12,21,26H,6H2,1-5H3,(H,24,30). The number of anilines is 1. The fourth-order valence-electron chi connectivity index (χ4n) is 3.59. The maximum Gasteiger partial charge on any atom is 0.338 e. The van der Waals surface area contributed by atoms with Gasteiger partial charge < -0.3 is 19.9 Å². The second-order valence-electron chi connectivity index (χ2n) is 7.16. The van der Waals surface area contributed by atoms with Crippen LogP contribution in [0.5, 0.6) is 11.5 Å². The van der Waals surface area contributed by atoms with Gasteiger partial charge in [0.2, 0.25) is 0 Å². The maximum absolute atomic E-state index is 13.0. The molecule has 30 heavy (non-hydrogen) atoms. The molecule has 2 aromatic carbocycles. The van der Waals surface area contributed by atoms with Gasteiger partial charge in [-0.1, -0.05) is 18.2 Å². The summed E-state index contributed by atoms with van der Waals surface area (Å²) in [4.78, 5) is 14.9. The Kier molecular flexibility index (Phi) is 6.31. The van der Waals surface area contributed by atoms with Crippen molar-refractivity contribution in [3.05, 3.63) is 64.4 Å². The normalized spacial score (nSPS) is 16.4. The van der Waals surface area contributed by atoms with Crippen molar-refractivity contribution in [2.45, 2.75) is 33.7 Å². The van der Waals surface area contributed by atoms with Crippen molar-refractivity contribution in [3.8, 4) is 11.5 Å². The van der Waals surface area contributed by atoms with Gasteiger partial charge in [-0.3, -0.25) is 4.90 Å². The molecule has 0 saturated carbocycles. The first-order valence-electron chi connectivity index (χ1n) is 9.71. The minimum absolute atomic E-state index is 0.0232. The largest absolute Gasteiger partial charge is 0.504 e. The van der Waals surface area contributed by atoms with Crippen LogP contribution in [-0.4, -0.2) is 29.9 Å². The zero-order chi connectivity index (χ0) is 22.0. The van der Waals surface area contributed by atoms with E-state index in [2.05, 4.69) is 5.32 Å². The van der Waals surface area contributed by atoms with Gasteiger partial charge in [-0.15, -0.1) is 0 Å². The van der Waals surface area contributed by atoms with Crippen molar-refractivity contribution in [1.82, 2.24) is 5.32 Å². The van der Waals surface area contributed by atoms with Crippen molar-refractivity contribution in [2.24, 2.45) is 0 Å². The Bertz CT molecular complexity index is 1030. The fourth-order valence-corrected chi connectivity index (χ4v) is 3.94. The van der Waals surface area contributed by atoms with Crippen molar-refractivity contribution in [2.75, 3.05) is 18.6 Å². The Hall–Kier alpha value is -3.06. The summed E-state index contributed by atoms with van der Waals surface area (Å²) in [5.74, 6) is -0.0783. The lowest BCUT2D eigenvalue weighted by atomic mass is 9.94. The predicted octanol–water partition coefficient (Wildman–Crippen LogP) is 4.29. The van der Waals surface area contributed by atoms with Crippen LogP contribution in [0.15, 0.2) is 47.7 Å². The van der Waals surface area contributed by atoms with Crippen LogP contribution in [-0.2, 0) is 9.53 Å². The summed E-state index contributed by atoms with van der Waals surface area (Å²) in [5.41, 5.74) is 4.93. The van der Waals surface area contributed by atoms with E-state index in [-0.39, 0.29) is 12.4 Å². The van der Waals surface area contributed by atoms with Crippen LogP contribution in [0.3, 0.4) is 0 Å². The first kappa shape index (κ1) is 21.6. The van der Waals surface area contributed by atoms with E-state index < -0.39 is 12.0 Å². The number of hydrogen-bond donors (Lipinski definition) is 2. The fraction of sp³-hybridized carbons (Fsp3) is 0.304. The molecule has 6 nitrogen and oxygen atoms in total. The molecule has 2 aromatic rings. The summed E-state index contributed by atoms with van der Waals surface area (Å²) in [7, 11) is 1.48. The number of benzene rings is 2. The lowest BCUT2D eigenvalue weighted by molar-refractivity contribution is -0.139. The summed E-state index contributed by atoms with van der Waals surface area (Å²) in [6, 6.07) is 10.5. The molecule has 0 fully saturated rings. The van der Waals surface area contributed by atoms with Gasteiger partial charge in [0.15, 0.2) is 16.6 Å². The number of rotatable bonds is 5. The van der Waals surface area contributed by atoms with Gasteiger partial charge in [0, 0.05) is 5.70 Å². The second-order valence-corrected chi connectivity index (χ2v) is 7.55. The molecule has 1 unspecified atom stereocenters. The minimum Gasteiger partial charge on any atom is -0.504 e. The van der Waals surface area contributed by atoms with Crippen LogP contribution >= 0.6 is 12.2 Å². The molecule has 0 radical (unpaired) electrons. The summed E-state index contributed by atoms with van der Waals surface area (Å²) in [6.07, 6.45) is 0. The van der Waals surface area contributed by atoms with Gasteiger partial charge in [0.1, 0.15) is 0 Å². The highest BCUT2D eigenvalue weighted by molar-refractivity contribution is 7.80. The molecule has 2 N–H and O–H groups in total. The number of esters is 1. The van der Waals surface area contributed by atoms with Gasteiger partial charge in [-0.25, -0.2) is 4.79 Å². The quantitative estimate of drug-likeness (QED) is 0.546. The number of aryl methyl sites for hydroxylation is 2. The average Bonchev–Trinajstić information content (AvgIpc) is 2.70. The predicted molar refractivity (Wildman–Crippen MR) is 121 cm³/mol. The van der Waals surface area contributed by atoms with Crippen molar-refractivity contribution in [1.29, 1.82) is 0 Å². The molecule has 1 atom stereocenters. The maximum atomic E-state index is 13.0. The molecule has 1 heterocycles. The molecule has 0 spiro atoms. The Morgan fingerprint density at radius 2 is 1.93 bits per heavy atom. The minimum atomic E-state index is -0.535. The molecule has 0 aromatic heterocycles. The molecular weight excluding hydrogens is 400 g/mol. The van der Waals surface area contributed by atoms with E-state index in [1.165, 1.54) is 13.2 Å². The van der Waals surface area contributed by atoms with Crippen LogP contribution in [0, 0.1) is 13.8 Å². The molecule has 3 rings (SSSR count). The van der Waals surface area contributed by atoms with Crippen molar-refractivity contribution < 1.29 is 19.4 Å². The first-order chi connectivity index (χ1) is 14.3. The first-order valence-corrected chi connectivity index (χ1v) is 10.1. The van der Waals surface area contributed by atoms with E-state index in [4.69, 9.17) is 21.7 Å². The number of phenolic OH excluding ortho intramolecular Hbond substituents is 1. The molecule has 0 bridgehead atoms. The van der Waals surface area contributed by atoms with Gasteiger partial charge in [0.25, 0.3) is 0 Å². The number of nitrogens with zero attached hydrogens (tertiary/aromatic N) is 1. The number of methoxy groups -OCH3 is 1.